The number of benzene rings is 2. The molecule has 2 aromatic rings. The maximum atomic E-state index is 13.0. The number of ether oxygens (including phenoxy) is 3. The third-order valence-electron chi connectivity index (χ3n) is 5.64. The van der Waals surface area contributed by atoms with Gasteiger partial charge in [0, 0.05) is 6.54 Å². The van der Waals surface area contributed by atoms with Crippen molar-refractivity contribution in [3.8, 4) is 0 Å². The average Bonchev–Trinajstić information content (AvgIpc) is 2.93. The van der Waals surface area contributed by atoms with Crippen molar-refractivity contribution in [3.63, 3.8) is 0 Å². The maximum absolute atomic E-state index is 13.0. The van der Waals surface area contributed by atoms with Gasteiger partial charge in [0.2, 0.25) is 5.91 Å². The number of unbranched alkanes of at least 4 members (excludes halogenated alkanes) is 1. The van der Waals surface area contributed by atoms with Gasteiger partial charge in [0.25, 0.3) is 0 Å². The molecule has 0 aromatic heterocycles. The van der Waals surface area contributed by atoms with Crippen molar-refractivity contribution in [2.75, 3.05) is 13.7 Å². The van der Waals surface area contributed by atoms with E-state index in [1.807, 2.05) is 60.7 Å². The maximum Gasteiger partial charge on any atom is 0.408 e. The molecule has 0 bridgehead atoms. The smallest absolute Gasteiger partial charge is 0.408 e. The van der Waals surface area contributed by atoms with Gasteiger partial charge in [0.1, 0.15) is 25.3 Å². The second-order valence-electron chi connectivity index (χ2n) is 9.00. The average molecular weight is 528 g/mol. The van der Waals surface area contributed by atoms with Gasteiger partial charge in [-0.2, -0.15) is 0 Å². The Bertz CT molecular complexity index is 1020. The number of nitrogens with one attached hydrogen (secondary N) is 3. The van der Waals surface area contributed by atoms with E-state index in [0.717, 1.165) is 11.1 Å². The van der Waals surface area contributed by atoms with Crippen LogP contribution in [0.15, 0.2) is 60.7 Å². The number of methoxy groups -OCH3 is 1. The first-order valence-electron chi connectivity index (χ1n) is 12.6. The highest BCUT2D eigenvalue weighted by Crippen LogP contribution is 2.08. The van der Waals surface area contributed by atoms with Gasteiger partial charge in [0.15, 0.2) is 0 Å². The van der Waals surface area contributed by atoms with Crippen molar-refractivity contribution in [3.05, 3.63) is 71.8 Å². The summed E-state index contributed by atoms with van der Waals surface area (Å²) in [6, 6.07) is 16.7. The van der Waals surface area contributed by atoms with Crippen LogP contribution in [0.25, 0.3) is 0 Å². The highest BCUT2D eigenvalue weighted by atomic mass is 16.6. The molecule has 2 atom stereocenters. The Morgan fingerprint density at radius 3 is 1.84 bits per heavy atom. The molecule has 3 amide bonds. The van der Waals surface area contributed by atoms with Crippen LogP contribution in [0.2, 0.25) is 0 Å². The van der Waals surface area contributed by atoms with Gasteiger partial charge in [0.05, 0.1) is 7.11 Å². The lowest BCUT2D eigenvalue weighted by Crippen LogP contribution is -2.53. The molecular weight excluding hydrogens is 490 g/mol. The number of hydrogen-bond donors (Lipinski definition) is 3. The summed E-state index contributed by atoms with van der Waals surface area (Å²) in [4.78, 5) is 49.4. The van der Waals surface area contributed by atoms with Crippen molar-refractivity contribution in [1.82, 2.24) is 16.0 Å². The summed E-state index contributed by atoms with van der Waals surface area (Å²) in [6.45, 7) is 4.10. The second kappa shape index (κ2) is 16.6. The van der Waals surface area contributed by atoms with Crippen LogP contribution < -0.4 is 16.0 Å². The van der Waals surface area contributed by atoms with E-state index in [1.54, 1.807) is 13.8 Å². The number of hydrogen-bond acceptors (Lipinski definition) is 7. The SMILES string of the molecule is COC(=O)C(NC(=O)C(CCCCNC(=O)OCc1ccccc1)NC(=O)OCc1ccccc1)C(C)C. The minimum Gasteiger partial charge on any atom is -0.467 e. The summed E-state index contributed by atoms with van der Waals surface area (Å²) in [7, 11) is 1.25. The molecule has 0 saturated heterocycles. The molecule has 0 heterocycles. The molecule has 10 nitrogen and oxygen atoms in total. The summed E-state index contributed by atoms with van der Waals surface area (Å²) in [5.74, 6) is -1.32. The van der Waals surface area contributed by atoms with Crippen LogP contribution in [0.1, 0.15) is 44.2 Å². The van der Waals surface area contributed by atoms with Crippen LogP contribution in [-0.4, -0.2) is 49.8 Å². The van der Waals surface area contributed by atoms with Crippen LogP contribution in [0.3, 0.4) is 0 Å². The van der Waals surface area contributed by atoms with Gasteiger partial charge in [-0.05, 0) is 36.3 Å². The molecule has 2 rings (SSSR count). The molecule has 0 spiro atoms. The topological polar surface area (TPSA) is 132 Å². The fraction of sp³-hybridized carbons (Fsp3) is 0.429. The summed E-state index contributed by atoms with van der Waals surface area (Å²) >= 11 is 0. The molecule has 2 unspecified atom stereocenters. The fourth-order valence-corrected chi connectivity index (χ4v) is 3.49. The molecule has 0 aliphatic heterocycles. The number of esters is 1. The molecule has 206 valence electrons. The number of alkyl carbamates (subject to hydrolysis) is 2. The molecule has 0 aliphatic carbocycles. The Balaban J connectivity index is 1.85. The summed E-state index contributed by atoms with van der Waals surface area (Å²) in [6.07, 6.45) is 0.00853. The second-order valence-corrected chi connectivity index (χ2v) is 9.00. The quantitative estimate of drug-likeness (QED) is 0.194. The largest absolute Gasteiger partial charge is 0.467 e. The Morgan fingerprint density at radius 2 is 1.32 bits per heavy atom. The van der Waals surface area contributed by atoms with E-state index in [2.05, 4.69) is 16.0 Å². The van der Waals surface area contributed by atoms with Crippen molar-refractivity contribution in [2.45, 2.75) is 58.4 Å². The molecule has 0 saturated carbocycles. The first-order valence-corrected chi connectivity index (χ1v) is 12.6. The monoisotopic (exact) mass is 527 g/mol. The third kappa shape index (κ3) is 11.3. The van der Waals surface area contributed by atoms with E-state index >= 15 is 0 Å². The summed E-state index contributed by atoms with van der Waals surface area (Å²) in [5, 5.41) is 7.92. The zero-order valence-electron chi connectivity index (χ0n) is 22.1. The highest BCUT2D eigenvalue weighted by molar-refractivity contribution is 5.89. The molecular formula is C28H37N3O7. The highest BCUT2D eigenvalue weighted by Gasteiger charge is 2.29. The summed E-state index contributed by atoms with van der Waals surface area (Å²) < 4.78 is 15.2. The molecule has 3 N–H and O–H groups in total. The van der Waals surface area contributed by atoms with Crippen molar-refractivity contribution < 1.29 is 33.4 Å². The lowest BCUT2D eigenvalue weighted by Gasteiger charge is -2.24. The lowest BCUT2D eigenvalue weighted by molar-refractivity contribution is -0.146. The van der Waals surface area contributed by atoms with Crippen LogP contribution in [0.4, 0.5) is 9.59 Å². The molecule has 10 heteroatoms. The predicted molar refractivity (Wildman–Crippen MR) is 141 cm³/mol. The molecule has 38 heavy (non-hydrogen) atoms. The lowest BCUT2D eigenvalue weighted by atomic mass is 10.0. The fourth-order valence-electron chi connectivity index (χ4n) is 3.49. The van der Waals surface area contributed by atoms with Gasteiger partial charge >= 0.3 is 18.2 Å². The Hall–Kier alpha value is -4.08. The van der Waals surface area contributed by atoms with Gasteiger partial charge in [-0.1, -0.05) is 74.5 Å². The van der Waals surface area contributed by atoms with E-state index in [0.29, 0.717) is 19.4 Å². The zero-order valence-corrected chi connectivity index (χ0v) is 22.1. The first-order chi connectivity index (χ1) is 18.3. The normalized spacial score (nSPS) is 12.1. The van der Waals surface area contributed by atoms with Crippen molar-refractivity contribution >= 4 is 24.1 Å². The van der Waals surface area contributed by atoms with Crippen LogP contribution >= 0.6 is 0 Å². The van der Waals surface area contributed by atoms with Crippen LogP contribution in [-0.2, 0) is 37.0 Å². The van der Waals surface area contributed by atoms with E-state index in [-0.39, 0.29) is 25.6 Å². The van der Waals surface area contributed by atoms with Crippen molar-refractivity contribution in [1.29, 1.82) is 0 Å². The zero-order chi connectivity index (χ0) is 27.8. The Morgan fingerprint density at radius 1 is 0.763 bits per heavy atom. The van der Waals surface area contributed by atoms with Gasteiger partial charge in [-0.25, -0.2) is 14.4 Å². The van der Waals surface area contributed by atoms with E-state index < -0.39 is 36.1 Å². The predicted octanol–water partition coefficient (Wildman–Crippen LogP) is 3.69. The molecule has 0 fully saturated rings. The molecule has 0 aliphatic rings. The Kier molecular flexibility index (Phi) is 13.2. The van der Waals surface area contributed by atoms with Gasteiger partial charge < -0.3 is 30.2 Å². The minimum atomic E-state index is -0.950. The van der Waals surface area contributed by atoms with E-state index in [9.17, 15) is 19.2 Å². The van der Waals surface area contributed by atoms with E-state index in [1.165, 1.54) is 7.11 Å². The van der Waals surface area contributed by atoms with Gasteiger partial charge in [-0.3, -0.25) is 4.79 Å². The van der Waals surface area contributed by atoms with Crippen LogP contribution in [0.5, 0.6) is 0 Å². The number of amides is 3. The number of carbonyl (C=O) groups is 4. The summed E-state index contributed by atoms with van der Waals surface area (Å²) in [5.41, 5.74) is 1.69. The van der Waals surface area contributed by atoms with Gasteiger partial charge in [-0.15, -0.1) is 0 Å². The standard InChI is InChI=1S/C28H37N3O7/c1-20(2)24(26(33)36-3)31-25(32)23(30-28(35)38-19-22-14-8-5-9-15-22)16-10-11-17-29-27(34)37-18-21-12-6-4-7-13-21/h4-9,12-15,20,23-24H,10-11,16-19H2,1-3H3,(H,29,34)(H,30,35)(H,31,32). The Labute approximate surface area is 223 Å². The first kappa shape index (κ1) is 30.1. The third-order valence-corrected chi connectivity index (χ3v) is 5.64. The molecule has 0 radical (unpaired) electrons. The minimum absolute atomic E-state index is 0.0484. The number of carbonyl (C=O) groups excluding carboxylic acids is 4. The molecule has 2 aromatic carbocycles. The number of rotatable bonds is 14. The van der Waals surface area contributed by atoms with Crippen molar-refractivity contribution in [2.24, 2.45) is 5.92 Å². The van der Waals surface area contributed by atoms with Crippen LogP contribution in [0, 0.1) is 5.92 Å². The van der Waals surface area contributed by atoms with E-state index in [4.69, 9.17) is 14.2 Å².